The second-order valence-corrected chi connectivity index (χ2v) is 4.90. The summed E-state index contributed by atoms with van der Waals surface area (Å²) >= 11 is 0. The first-order valence-corrected chi connectivity index (χ1v) is 5.75. The van der Waals surface area contributed by atoms with Crippen LogP contribution < -0.4 is 5.73 Å². The van der Waals surface area contributed by atoms with Crippen LogP contribution in [0.2, 0.25) is 0 Å². The van der Waals surface area contributed by atoms with E-state index in [0.717, 1.165) is 5.56 Å². The maximum Gasteiger partial charge on any atom is 0.248 e. The molecule has 0 atom stereocenters. The number of benzene rings is 1. The minimum Gasteiger partial charge on any atom is -0.388 e. The predicted molar refractivity (Wildman–Crippen MR) is 68.1 cm³/mol. The molecule has 7 nitrogen and oxygen atoms in total. The van der Waals surface area contributed by atoms with Crippen LogP contribution in [0, 0.1) is 0 Å². The van der Waals surface area contributed by atoms with Crippen molar-refractivity contribution in [3.8, 4) is 11.4 Å². The average molecular weight is 261 g/mol. The minimum absolute atomic E-state index is 0.249. The van der Waals surface area contributed by atoms with E-state index in [1.807, 2.05) is 0 Å². The van der Waals surface area contributed by atoms with Crippen LogP contribution in [0.5, 0.6) is 0 Å². The first kappa shape index (κ1) is 13.2. The van der Waals surface area contributed by atoms with Crippen molar-refractivity contribution in [2.45, 2.75) is 26.0 Å². The zero-order valence-corrected chi connectivity index (χ0v) is 10.7. The Balaban J connectivity index is 2.20. The summed E-state index contributed by atoms with van der Waals surface area (Å²) in [7, 11) is 0. The summed E-state index contributed by atoms with van der Waals surface area (Å²) in [4.78, 5) is 12.3. The molecule has 0 unspecified atom stereocenters. The molecule has 0 aliphatic carbocycles. The number of hydrogen-bond donors (Lipinski definition) is 2. The van der Waals surface area contributed by atoms with E-state index in [4.69, 9.17) is 5.73 Å². The monoisotopic (exact) mass is 261 g/mol. The molecule has 0 saturated heterocycles. The van der Waals surface area contributed by atoms with Gasteiger partial charge in [0.25, 0.3) is 0 Å². The molecule has 1 aromatic carbocycles. The van der Waals surface area contributed by atoms with E-state index >= 15 is 0 Å². The lowest BCUT2D eigenvalue weighted by molar-refractivity contribution is 0.0526. The van der Waals surface area contributed by atoms with Crippen LogP contribution in [0.15, 0.2) is 24.3 Å². The fourth-order valence-electron chi connectivity index (χ4n) is 1.56. The summed E-state index contributed by atoms with van der Waals surface area (Å²) in [5.41, 5.74) is 5.41. The highest BCUT2D eigenvalue weighted by atomic mass is 16.3. The highest BCUT2D eigenvalue weighted by Crippen LogP contribution is 2.14. The molecule has 100 valence electrons. The number of carbonyl (C=O) groups is 1. The highest BCUT2D eigenvalue weighted by molar-refractivity contribution is 5.93. The average Bonchev–Trinajstić information content (AvgIpc) is 2.75. The smallest absolute Gasteiger partial charge is 0.248 e. The van der Waals surface area contributed by atoms with Gasteiger partial charge in [0, 0.05) is 11.1 Å². The van der Waals surface area contributed by atoms with Gasteiger partial charge in [-0.25, -0.2) is 0 Å². The zero-order valence-electron chi connectivity index (χ0n) is 10.7. The summed E-state index contributed by atoms with van der Waals surface area (Å²) in [5, 5.41) is 21.6. The fourth-order valence-corrected chi connectivity index (χ4v) is 1.56. The van der Waals surface area contributed by atoms with E-state index in [1.54, 1.807) is 38.1 Å². The van der Waals surface area contributed by atoms with Gasteiger partial charge in [-0.3, -0.25) is 4.79 Å². The van der Waals surface area contributed by atoms with Crippen LogP contribution in [0.3, 0.4) is 0 Å². The molecule has 19 heavy (non-hydrogen) atoms. The van der Waals surface area contributed by atoms with E-state index < -0.39 is 11.5 Å². The molecule has 2 aromatic rings. The third-order valence-corrected chi connectivity index (χ3v) is 2.41. The fraction of sp³-hybridized carbons (Fsp3) is 0.333. The van der Waals surface area contributed by atoms with Crippen molar-refractivity contribution in [1.82, 2.24) is 20.2 Å². The zero-order chi connectivity index (χ0) is 14.0. The molecule has 1 amide bonds. The van der Waals surface area contributed by atoms with Gasteiger partial charge < -0.3 is 10.8 Å². The Hall–Kier alpha value is -2.28. The summed E-state index contributed by atoms with van der Waals surface area (Å²) in [5.74, 6) is -0.0505. The van der Waals surface area contributed by atoms with Crippen LogP contribution >= 0.6 is 0 Å². The summed E-state index contributed by atoms with van der Waals surface area (Å²) in [6, 6.07) is 6.61. The maximum absolute atomic E-state index is 11.0. The molecule has 0 radical (unpaired) electrons. The quantitative estimate of drug-likeness (QED) is 0.818. The van der Waals surface area contributed by atoms with E-state index in [1.165, 1.54) is 4.80 Å². The topological polar surface area (TPSA) is 107 Å². The second kappa shape index (κ2) is 4.77. The number of tetrazole rings is 1. The Labute approximate surface area is 110 Å². The van der Waals surface area contributed by atoms with Crippen molar-refractivity contribution in [2.24, 2.45) is 5.73 Å². The van der Waals surface area contributed by atoms with Crippen LogP contribution in [-0.2, 0) is 6.54 Å². The van der Waals surface area contributed by atoms with Crippen molar-refractivity contribution >= 4 is 5.91 Å². The number of rotatable bonds is 4. The number of nitrogens with two attached hydrogens (primary N) is 1. The molecule has 0 aliphatic rings. The molecule has 1 aromatic heterocycles. The van der Waals surface area contributed by atoms with Crippen LogP contribution in [-0.4, -0.2) is 36.8 Å². The third kappa shape index (κ3) is 3.35. The normalized spacial score (nSPS) is 11.5. The van der Waals surface area contributed by atoms with Gasteiger partial charge in [-0.2, -0.15) is 4.80 Å². The van der Waals surface area contributed by atoms with Crippen molar-refractivity contribution in [1.29, 1.82) is 0 Å². The van der Waals surface area contributed by atoms with Gasteiger partial charge in [-0.15, -0.1) is 10.2 Å². The SMILES string of the molecule is CC(C)(O)Cn1nnc(-c2ccc(C(N)=O)cc2)n1. The summed E-state index contributed by atoms with van der Waals surface area (Å²) < 4.78 is 0. The lowest BCUT2D eigenvalue weighted by Gasteiger charge is -2.14. The Morgan fingerprint density at radius 1 is 1.37 bits per heavy atom. The van der Waals surface area contributed by atoms with Crippen LogP contribution in [0.1, 0.15) is 24.2 Å². The molecule has 0 spiro atoms. The van der Waals surface area contributed by atoms with Gasteiger partial charge >= 0.3 is 0 Å². The van der Waals surface area contributed by atoms with Crippen LogP contribution in [0.4, 0.5) is 0 Å². The van der Waals surface area contributed by atoms with Gasteiger partial charge in [-0.05, 0) is 31.2 Å². The molecule has 1 heterocycles. The minimum atomic E-state index is -0.909. The van der Waals surface area contributed by atoms with E-state index in [0.29, 0.717) is 11.4 Å². The van der Waals surface area contributed by atoms with Crippen molar-refractivity contribution < 1.29 is 9.90 Å². The molecule has 0 bridgehead atoms. The Bertz CT molecular complexity index is 583. The van der Waals surface area contributed by atoms with Crippen molar-refractivity contribution in [3.63, 3.8) is 0 Å². The molecule has 0 saturated carbocycles. The van der Waals surface area contributed by atoms with Gasteiger partial charge in [0.2, 0.25) is 11.7 Å². The first-order chi connectivity index (χ1) is 8.85. The summed E-state index contributed by atoms with van der Waals surface area (Å²) in [6.45, 7) is 3.58. The maximum atomic E-state index is 11.0. The Morgan fingerprint density at radius 3 is 2.53 bits per heavy atom. The van der Waals surface area contributed by atoms with Gasteiger partial charge in [0.15, 0.2) is 0 Å². The lowest BCUT2D eigenvalue weighted by atomic mass is 10.1. The highest BCUT2D eigenvalue weighted by Gasteiger charge is 2.16. The second-order valence-electron chi connectivity index (χ2n) is 4.90. The predicted octanol–water partition coefficient (Wildman–Crippen LogP) is 0.210. The number of hydrogen-bond acceptors (Lipinski definition) is 5. The number of amides is 1. The number of nitrogens with zero attached hydrogens (tertiary/aromatic N) is 4. The van der Waals surface area contributed by atoms with Gasteiger partial charge in [0.05, 0.1) is 12.1 Å². The molecule has 0 fully saturated rings. The van der Waals surface area contributed by atoms with Gasteiger partial charge in [0.1, 0.15) is 0 Å². The molecule has 0 aliphatic heterocycles. The first-order valence-electron chi connectivity index (χ1n) is 5.75. The third-order valence-electron chi connectivity index (χ3n) is 2.41. The molecule has 2 rings (SSSR count). The van der Waals surface area contributed by atoms with Gasteiger partial charge in [-0.1, -0.05) is 12.1 Å². The lowest BCUT2D eigenvalue weighted by Crippen LogP contribution is -2.27. The van der Waals surface area contributed by atoms with E-state index in [2.05, 4.69) is 15.4 Å². The number of primary amides is 1. The number of aromatic nitrogens is 4. The molecular formula is C12H15N5O2. The Kier molecular flexibility index (Phi) is 3.30. The van der Waals surface area contributed by atoms with Crippen LogP contribution in [0.25, 0.3) is 11.4 Å². The Morgan fingerprint density at radius 2 is 2.00 bits per heavy atom. The molecule has 3 N–H and O–H groups in total. The van der Waals surface area contributed by atoms with E-state index in [9.17, 15) is 9.90 Å². The molecule has 7 heteroatoms. The number of aliphatic hydroxyl groups is 1. The summed E-state index contributed by atoms with van der Waals surface area (Å²) in [6.07, 6.45) is 0. The molecular weight excluding hydrogens is 246 g/mol. The van der Waals surface area contributed by atoms with E-state index in [-0.39, 0.29) is 6.54 Å². The number of carbonyl (C=O) groups excluding carboxylic acids is 1. The van der Waals surface area contributed by atoms with Crippen molar-refractivity contribution in [3.05, 3.63) is 29.8 Å². The van der Waals surface area contributed by atoms with Crippen molar-refractivity contribution in [2.75, 3.05) is 0 Å². The standard InChI is InChI=1S/C12H15N5O2/c1-12(2,19)7-17-15-11(14-16-17)9-5-3-8(4-6-9)10(13)18/h3-6,19H,7H2,1-2H3,(H2,13,18). The largest absolute Gasteiger partial charge is 0.388 e.